The van der Waals surface area contributed by atoms with Crippen molar-refractivity contribution in [3.8, 4) is 0 Å². The van der Waals surface area contributed by atoms with Crippen LogP contribution in [-0.2, 0) is 27.7 Å². The fourth-order valence-electron chi connectivity index (χ4n) is 4.32. The van der Waals surface area contributed by atoms with Crippen molar-refractivity contribution in [3.63, 3.8) is 0 Å². The van der Waals surface area contributed by atoms with E-state index in [1.54, 1.807) is 6.92 Å². The maximum atomic E-state index is 13.1. The van der Waals surface area contributed by atoms with Crippen molar-refractivity contribution in [1.29, 1.82) is 0 Å². The van der Waals surface area contributed by atoms with Gasteiger partial charge in [-0.2, -0.15) is 13.2 Å². The zero-order valence-corrected chi connectivity index (χ0v) is 16.9. The lowest BCUT2D eigenvalue weighted by Gasteiger charge is -2.40. The molecule has 2 aliphatic heterocycles. The van der Waals surface area contributed by atoms with Crippen LogP contribution in [0.15, 0.2) is 24.3 Å². The summed E-state index contributed by atoms with van der Waals surface area (Å²) in [5.41, 5.74) is 1.34. The van der Waals surface area contributed by atoms with Gasteiger partial charge in [-0.05, 0) is 18.6 Å². The number of amides is 2. The summed E-state index contributed by atoms with van der Waals surface area (Å²) in [4.78, 5) is 28.8. The summed E-state index contributed by atoms with van der Waals surface area (Å²) in [5.74, 6) is -1.46. The summed E-state index contributed by atoms with van der Waals surface area (Å²) in [6, 6.07) is 6.79. The Morgan fingerprint density at radius 1 is 1.20 bits per heavy atom. The quantitative estimate of drug-likeness (QED) is 0.748. The smallest absolute Gasteiger partial charge is 0.329 e. The Morgan fingerprint density at radius 3 is 2.60 bits per heavy atom. The number of hydrogen-bond donors (Lipinski definition) is 0. The van der Waals surface area contributed by atoms with E-state index in [1.165, 1.54) is 9.80 Å². The molecule has 0 bridgehead atoms. The number of nitrogens with zero attached hydrogens (tertiary/aromatic N) is 5. The van der Waals surface area contributed by atoms with E-state index in [0.29, 0.717) is 5.69 Å². The Kier molecular flexibility index (Phi) is 4.63. The first-order valence-corrected chi connectivity index (χ1v) is 9.70. The highest BCUT2D eigenvalue weighted by atomic mass is 19.4. The summed E-state index contributed by atoms with van der Waals surface area (Å²) < 4.78 is 40.3. The topological polar surface area (TPSA) is 71.3 Å². The molecule has 3 heterocycles. The number of carbonyl (C=O) groups excluding carboxylic acids is 2. The zero-order chi connectivity index (χ0) is 21.8. The molecule has 7 nitrogen and oxygen atoms in total. The molecule has 30 heavy (non-hydrogen) atoms. The van der Waals surface area contributed by atoms with Gasteiger partial charge < -0.3 is 14.4 Å². The van der Waals surface area contributed by atoms with Gasteiger partial charge >= 0.3 is 6.18 Å². The van der Waals surface area contributed by atoms with Gasteiger partial charge in [0.25, 0.3) is 0 Å². The van der Waals surface area contributed by atoms with Crippen molar-refractivity contribution < 1.29 is 22.8 Å². The third-order valence-corrected chi connectivity index (χ3v) is 5.87. The average Bonchev–Trinajstić information content (AvgIpc) is 3.10. The van der Waals surface area contributed by atoms with Crippen LogP contribution in [0.25, 0.3) is 0 Å². The molecule has 0 spiro atoms. The fourth-order valence-corrected chi connectivity index (χ4v) is 4.32. The van der Waals surface area contributed by atoms with Gasteiger partial charge in [0.05, 0.1) is 6.04 Å². The highest BCUT2D eigenvalue weighted by Crippen LogP contribution is 2.40. The minimum absolute atomic E-state index is 0.0508. The minimum Gasteiger partial charge on any atom is -0.329 e. The van der Waals surface area contributed by atoms with Crippen molar-refractivity contribution in [2.24, 2.45) is 0 Å². The molecule has 2 aliphatic rings. The molecule has 2 amide bonds. The highest BCUT2D eigenvalue weighted by Gasteiger charge is 2.43. The number of fused-ring (bicyclic) bond motifs is 2. The summed E-state index contributed by atoms with van der Waals surface area (Å²) in [7, 11) is 0. The summed E-state index contributed by atoms with van der Waals surface area (Å²) in [6.07, 6.45) is -4.33. The van der Waals surface area contributed by atoms with E-state index in [9.17, 15) is 22.8 Å². The van der Waals surface area contributed by atoms with Crippen molar-refractivity contribution in [1.82, 2.24) is 19.7 Å². The van der Waals surface area contributed by atoms with Gasteiger partial charge in [-0.15, -0.1) is 10.2 Å². The second-order valence-electron chi connectivity index (χ2n) is 8.35. The number of carbonyl (C=O) groups is 2. The number of benzene rings is 1. The minimum atomic E-state index is -4.60. The van der Waals surface area contributed by atoms with Crippen molar-refractivity contribution >= 4 is 17.5 Å². The predicted molar refractivity (Wildman–Crippen MR) is 102 cm³/mol. The monoisotopic (exact) mass is 421 g/mol. The summed E-state index contributed by atoms with van der Waals surface area (Å²) in [5, 5.41) is 6.94. The van der Waals surface area contributed by atoms with E-state index in [0.717, 1.165) is 10.1 Å². The van der Waals surface area contributed by atoms with Crippen LogP contribution in [0.3, 0.4) is 0 Å². The van der Waals surface area contributed by atoms with Crippen molar-refractivity contribution in [3.05, 3.63) is 41.5 Å². The molecule has 160 valence electrons. The SMILES string of the molecule is CC1c2nnc(C(F)(F)F)n2CCN1C(=O)CN1C(=O)CC(C)(C)c2ccccc21. The molecule has 0 saturated heterocycles. The van der Waals surface area contributed by atoms with Gasteiger partial charge in [-0.1, -0.05) is 32.0 Å². The first kappa shape index (κ1) is 20.4. The van der Waals surface area contributed by atoms with Crippen LogP contribution in [-0.4, -0.2) is 44.6 Å². The lowest BCUT2D eigenvalue weighted by atomic mass is 9.77. The molecule has 0 aliphatic carbocycles. The van der Waals surface area contributed by atoms with E-state index in [2.05, 4.69) is 10.2 Å². The Bertz CT molecular complexity index is 1010. The normalized spacial score (nSPS) is 20.7. The molecule has 0 radical (unpaired) electrons. The maximum Gasteiger partial charge on any atom is 0.451 e. The molecule has 1 aromatic heterocycles. The zero-order valence-electron chi connectivity index (χ0n) is 16.9. The molecule has 0 fully saturated rings. The molecular formula is C20H22F3N5O2. The number of aromatic nitrogens is 3. The van der Waals surface area contributed by atoms with E-state index in [-0.39, 0.29) is 49.1 Å². The molecule has 1 atom stereocenters. The van der Waals surface area contributed by atoms with Crippen LogP contribution in [0.5, 0.6) is 0 Å². The molecule has 1 aromatic carbocycles. The second-order valence-corrected chi connectivity index (χ2v) is 8.35. The van der Waals surface area contributed by atoms with Crippen molar-refractivity contribution in [2.45, 2.75) is 51.4 Å². The van der Waals surface area contributed by atoms with Crippen LogP contribution in [0, 0.1) is 0 Å². The number of para-hydroxylation sites is 1. The van der Waals surface area contributed by atoms with Crippen LogP contribution in [0.2, 0.25) is 0 Å². The first-order chi connectivity index (χ1) is 14.0. The van der Waals surface area contributed by atoms with Crippen LogP contribution < -0.4 is 4.90 Å². The van der Waals surface area contributed by atoms with E-state index in [4.69, 9.17) is 0 Å². The number of rotatable bonds is 2. The standard InChI is InChI=1S/C20H22F3N5O2/c1-12-17-24-25-18(20(21,22)23)27(17)9-8-26(12)16(30)11-28-14-7-5-4-6-13(14)19(2,3)10-15(28)29/h4-7,12H,8-11H2,1-3H3. The Hall–Kier alpha value is -2.91. The summed E-state index contributed by atoms with van der Waals surface area (Å²) >= 11 is 0. The maximum absolute atomic E-state index is 13.1. The predicted octanol–water partition coefficient (Wildman–Crippen LogP) is 2.91. The van der Waals surface area contributed by atoms with E-state index < -0.39 is 18.0 Å². The molecule has 10 heteroatoms. The largest absolute Gasteiger partial charge is 0.451 e. The molecule has 2 aromatic rings. The third kappa shape index (κ3) is 3.23. The van der Waals surface area contributed by atoms with E-state index in [1.807, 2.05) is 38.1 Å². The van der Waals surface area contributed by atoms with Gasteiger partial charge in [0.15, 0.2) is 5.82 Å². The molecule has 0 N–H and O–H groups in total. The van der Waals surface area contributed by atoms with Crippen molar-refractivity contribution in [2.75, 3.05) is 18.0 Å². The average molecular weight is 421 g/mol. The second kappa shape index (κ2) is 6.82. The Morgan fingerprint density at radius 2 is 1.90 bits per heavy atom. The third-order valence-electron chi connectivity index (χ3n) is 5.87. The molecular weight excluding hydrogens is 399 g/mol. The lowest BCUT2D eigenvalue weighted by Crippen LogP contribution is -2.50. The van der Waals surface area contributed by atoms with Gasteiger partial charge in [0.1, 0.15) is 6.54 Å². The molecule has 4 rings (SSSR count). The van der Waals surface area contributed by atoms with Crippen LogP contribution in [0.1, 0.15) is 50.4 Å². The highest BCUT2D eigenvalue weighted by molar-refractivity contribution is 6.02. The van der Waals surface area contributed by atoms with Gasteiger partial charge in [0, 0.05) is 30.6 Å². The lowest BCUT2D eigenvalue weighted by molar-refractivity contribution is -0.148. The van der Waals surface area contributed by atoms with Gasteiger partial charge in [-0.25, -0.2) is 0 Å². The molecule has 1 unspecified atom stereocenters. The Balaban J connectivity index is 1.58. The number of halogens is 3. The Labute approximate surface area is 171 Å². The van der Waals surface area contributed by atoms with E-state index >= 15 is 0 Å². The summed E-state index contributed by atoms with van der Waals surface area (Å²) in [6.45, 7) is 5.46. The number of anilines is 1. The first-order valence-electron chi connectivity index (χ1n) is 9.70. The van der Waals surface area contributed by atoms with Crippen LogP contribution in [0.4, 0.5) is 18.9 Å². The number of hydrogen-bond acceptors (Lipinski definition) is 4. The van der Waals surface area contributed by atoms with Crippen LogP contribution >= 0.6 is 0 Å². The van der Waals surface area contributed by atoms with Gasteiger partial charge in [-0.3, -0.25) is 9.59 Å². The fraction of sp³-hybridized carbons (Fsp3) is 0.500. The number of alkyl halides is 3. The van der Waals surface area contributed by atoms with Gasteiger partial charge in [0.2, 0.25) is 17.6 Å². The molecule has 0 saturated carbocycles.